The molecule has 0 unspecified atom stereocenters. The van der Waals surface area contributed by atoms with Crippen LogP contribution in [0.5, 0.6) is 0 Å². The summed E-state index contributed by atoms with van der Waals surface area (Å²) in [6, 6.07) is 6.42. The van der Waals surface area contributed by atoms with Gasteiger partial charge in [-0.1, -0.05) is 36.3 Å². The highest BCUT2D eigenvalue weighted by Gasteiger charge is 2.08. The highest BCUT2D eigenvalue weighted by atomic mass is 32.1. The molecule has 0 saturated heterocycles. The molecule has 2 heterocycles. The van der Waals surface area contributed by atoms with E-state index in [-0.39, 0.29) is 4.87 Å². The molecule has 0 aliphatic rings. The molecule has 3 aromatic rings. The standard InChI is InChI=1S/C16H20N4O2S/c1-10(2)4-7-14-18-19-15(22-14)17-9-11-5-6-12-13(8-11)23-16(21)20(12)3/h5-6,8,10H,4,7,9H2,1-3H3,(H,17,19). The summed E-state index contributed by atoms with van der Waals surface area (Å²) in [4.78, 5) is 11.7. The van der Waals surface area contributed by atoms with E-state index in [2.05, 4.69) is 29.4 Å². The Morgan fingerprint density at radius 3 is 2.96 bits per heavy atom. The normalized spacial score (nSPS) is 11.5. The summed E-state index contributed by atoms with van der Waals surface area (Å²) in [6.07, 6.45) is 1.83. The van der Waals surface area contributed by atoms with Crippen molar-refractivity contribution in [2.24, 2.45) is 13.0 Å². The Kier molecular flexibility index (Phi) is 4.47. The lowest BCUT2D eigenvalue weighted by molar-refractivity contribution is 0.469. The molecule has 0 bridgehead atoms. The zero-order chi connectivity index (χ0) is 16.4. The number of fused-ring (bicyclic) bond motifs is 1. The van der Waals surface area contributed by atoms with Crippen molar-refractivity contribution in [3.8, 4) is 0 Å². The molecule has 0 amide bonds. The summed E-state index contributed by atoms with van der Waals surface area (Å²) in [5.41, 5.74) is 2.03. The molecule has 1 aromatic carbocycles. The number of hydrogen-bond acceptors (Lipinski definition) is 6. The third-order valence-corrected chi connectivity index (χ3v) is 4.70. The number of aryl methyl sites for hydroxylation is 2. The van der Waals surface area contributed by atoms with Crippen molar-refractivity contribution in [2.75, 3.05) is 5.32 Å². The van der Waals surface area contributed by atoms with Gasteiger partial charge in [0.25, 0.3) is 0 Å². The van der Waals surface area contributed by atoms with Crippen molar-refractivity contribution >= 4 is 27.6 Å². The zero-order valence-electron chi connectivity index (χ0n) is 13.5. The van der Waals surface area contributed by atoms with Crippen LogP contribution in [0.2, 0.25) is 0 Å². The van der Waals surface area contributed by atoms with E-state index in [1.54, 1.807) is 11.6 Å². The highest BCUT2D eigenvalue weighted by molar-refractivity contribution is 7.16. The van der Waals surface area contributed by atoms with Gasteiger partial charge in [-0.3, -0.25) is 4.79 Å². The minimum atomic E-state index is 0.0526. The SMILES string of the molecule is CC(C)CCc1nnc(NCc2ccc3c(c2)sc(=O)n3C)o1. The fourth-order valence-corrected chi connectivity index (χ4v) is 3.25. The van der Waals surface area contributed by atoms with Gasteiger partial charge in [0.05, 0.1) is 10.2 Å². The Morgan fingerprint density at radius 2 is 2.17 bits per heavy atom. The third kappa shape index (κ3) is 3.61. The Hall–Kier alpha value is -2.15. The van der Waals surface area contributed by atoms with E-state index in [1.165, 1.54) is 11.3 Å². The first-order chi connectivity index (χ1) is 11.0. The van der Waals surface area contributed by atoms with Crippen molar-refractivity contribution in [2.45, 2.75) is 33.2 Å². The number of benzene rings is 1. The van der Waals surface area contributed by atoms with Gasteiger partial charge in [-0.05, 0) is 30.0 Å². The van der Waals surface area contributed by atoms with Crippen molar-refractivity contribution in [1.29, 1.82) is 0 Å². The highest BCUT2D eigenvalue weighted by Crippen LogP contribution is 2.19. The summed E-state index contributed by atoms with van der Waals surface area (Å²) in [6.45, 7) is 4.92. The van der Waals surface area contributed by atoms with E-state index in [1.807, 2.05) is 18.2 Å². The first-order valence-corrected chi connectivity index (χ1v) is 8.49. The Labute approximate surface area is 138 Å². The molecule has 2 aromatic heterocycles. The van der Waals surface area contributed by atoms with Crippen molar-refractivity contribution < 1.29 is 4.42 Å². The van der Waals surface area contributed by atoms with Gasteiger partial charge >= 0.3 is 10.9 Å². The molecule has 3 rings (SSSR count). The van der Waals surface area contributed by atoms with Gasteiger partial charge in [-0.2, -0.15) is 0 Å². The molecule has 6 nitrogen and oxygen atoms in total. The first kappa shape index (κ1) is 15.7. The van der Waals surface area contributed by atoms with Crippen LogP contribution in [0.15, 0.2) is 27.4 Å². The number of aromatic nitrogens is 3. The maximum atomic E-state index is 11.7. The molecule has 7 heteroatoms. The summed E-state index contributed by atoms with van der Waals surface area (Å²) < 4.78 is 8.23. The molecular formula is C16H20N4O2S. The monoisotopic (exact) mass is 332 g/mol. The van der Waals surface area contributed by atoms with E-state index in [9.17, 15) is 4.79 Å². The van der Waals surface area contributed by atoms with Crippen molar-refractivity contribution in [3.63, 3.8) is 0 Å². The van der Waals surface area contributed by atoms with Crippen LogP contribution in [0, 0.1) is 5.92 Å². The van der Waals surface area contributed by atoms with Gasteiger partial charge in [-0.15, -0.1) is 5.10 Å². The number of nitrogens with zero attached hydrogens (tertiary/aromatic N) is 3. The van der Waals surface area contributed by atoms with Gasteiger partial charge < -0.3 is 14.3 Å². The average Bonchev–Trinajstić information content (AvgIpc) is 3.08. The van der Waals surface area contributed by atoms with Gasteiger partial charge in [0.15, 0.2) is 0 Å². The zero-order valence-corrected chi connectivity index (χ0v) is 14.3. The number of thiazole rings is 1. The molecule has 23 heavy (non-hydrogen) atoms. The lowest BCUT2D eigenvalue weighted by Crippen LogP contribution is -2.06. The summed E-state index contributed by atoms with van der Waals surface area (Å²) in [5, 5.41) is 11.2. The van der Waals surface area contributed by atoms with E-state index in [0.29, 0.717) is 24.4 Å². The Morgan fingerprint density at radius 1 is 1.35 bits per heavy atom. The van der Waals surface area contributed by atoms with Gasteiger partial charge in [0.1, 0.15) is 0 Å². The Balaban J connectivity index is 1.65. The van der Waals surface area contributed by atoms with Gasteiger partial charge in [0, 0.05) is 20.0 Å². The molecule has 1 N–H and O–H groups in total. The van der Waals surface area contributed by atoms with Crippen LogP contribution in [0.25, 0.3) is 10.2 Å². The third-order valence-electron chi connectivity index (χ3n) is 3.70. The molecular weight excluding hydrogens is 312 g/mol. The summed E-state index contributed by atoms with van der Waals surface area (Å²) in [5.74, 6) is 1.28. The van der Waals surface area contributed by atoms with Gasteiger partial charge in [-0.25, -0.2) is 0 Å². The second-order valence-corrected chi connectivity index (χ2v) is 7.01. The van der Waals surface area contributed by atoms with Crippen LogP contribution < -0.4 is 10.2 Å². The van der Waals surface area contributed by atoms with Crippen LogP contribution in [0.3, 0.4) is 0 Å². The van der Waals surface area contributed by atoms with E-state index in [4.69, 9.17) is 4.42 Å². The van der Waals surface area contributed by atoms with E-state index >= 15 is 0 Å². The molecule has 0 saturated carbocycles. The van der Waals surface area contributed by atoms with Crippen LogP contribution in [0.4, 0.5) is 6.01 Å². The topological polar surface area (TPSA) is 73.0 Å². The fraction of sp³-hybridized carbons (Fsp3) is 0.438. The average molecular weight is 332 g/mol. The number of rotatable bonds is 6. The van der Waals surface area contributed by atoms with Crippen LogP contribution >= 0.6 is 11.3 Å². The smallest absolute Gasteiger partial charge is 0.315 e. The fourth-order valence-electron chi connectivity index (χ4n) is 2.30. The Bertz CT molecular complexity index is 862. The quantitative estimate of drug-likeness (QED) is 0.750. The van der Waals surface area contributed by atoms with Crippen LogP contribution in [-0.2, 0) is 20.0 Å². The molecule has 0 atom stereocenters. The lowest BCUT2D eigenvalue weighted by atomic mass is 10.1. The molecule has 122 valence electrons. The molecule has 0 spiro atoms. The maximum absolute atomic E-state index is 11.7. The second-order valence-electron chi connectivity index (χ2n) is 6.02. The largest absolute Gasteiger partial charge is 0.408 e. The van der Waals surface area contributed by atoms with E-state index in [0.717, 1.165) is 28.6 Å². The molecule has 0 aliphatic carbocycles. The summed E-state index contributed by atoms with van der Waals surface area (Å²) in [7, 11) is 1.79. The minimum absolute atomic E-state index is 0.0526. The van der Waals surface area contributed by atoms with Crippen LogP contribution in [0.1, 0.15) is 31.7 Å². The molecule has 0 fully saturated rings. The number of nitrogens with one attached hydrogen (secondary N) is 1. The minimum Gasteiger partial charge on any atom is -0.408 e. The van der Waals surface area contributed by atoms with Gasteiger partial charge in [0.2, 0.25) is 5.89 Å². The first-order valence-electron chi connectivity index (χ1n) is 7.67. The number of hydrogen-bond donors (Lipinski definition) is 1. The van der Waals surface area contributed by atoms with Crippen LogP contribution in [-0.4, -0.2) is 14.8 Å². The molecule has 0 radical (unpaired) electrons. The lowest BCUT2D eigenvalue weighted by Gasteiger charge is -2.02. The predicted molar refractivity (Wildman–Crippen MR) is 91.8 cm³/mol. The molecule has 0 aliphatic heterocycles. The summed E-state index contributed by atoms with van der Waals surface area (Å²) >= 11 is 1.26. The second kappa shape index (κ2) is 6.54. The van der Waals surface area contributed by atoms with E-state index < -0.39 is 0 Å². The maximum Gasteiger partial charge on any atom is 0.315 e. The number of anilines is 1. The predicted octanol–water partition coefficient (Wildman–Crippen LogP) is 3.18. The van der Waals surface area contributed by atoms with Crippen molar-refractivity contribution in [1.82, 2.24) is 14.8 Å². The van der Waals surface area contributed by atoms with Crippen molar-refractivity contribution in [3.05, 3.63) is 39.3 Å².